The highest BCUT2D eigenvalue weighted by atomic mass is 32.1. The summed E-state index contributed by atoms with van der Waals surface area (Å²) < 4.78 is 4.73. The highest BCUT2D eigenvalue weighted by Crippen LogP contribution is 2.19. The first-order valence-electron chi connectivity index (χ1n) is 3.97. The molecule has 1 aromatic rings. The molecular weight excluding hydrogens is 188 g/mol. The number of aromatic nitrogens is 2. The lowest BCUT2D eigenvalue weighted by atomic mass is 9.92. The van der Waals surface area contributed by atoms with E-state index in [1.165, 1.54) is 0 Å². The van der Waals surface area contributed by atoms with Crippen LogP contribution in [0, 0.1) is 5.41 Å². The maximum atomic E-state index is 11.5. The highest BCUT2D eigenvalue weighted by Gasteiger charge is 2.18. The third-order valence-corrected chi connectivity index (χ3v) is 2.15. The van der Waals surface area contributed by atoms with Crippen LogP contribution in [0.2, 0.25) is 0 Å². The smallest absolute Gasteiger partial charge is 0.273 e. The molecule has 13 heavy (non-hydrogen) atoms. The molecule has 1 heterocycles. The van der Waals surface area contributed by atoms with E-state index in [0.29, 0.717) is 6.42 Å². The van der Waals surface area contributed by atoms with Gasteiger partial charge in [0.15, 0.2) is 0 Å². The average molecular weight is 200 g/mol. The van der Waals surface area contributed by atoms with Gasteiger partial charge in [-0.2, -0.15) is 8.33 Å². The van der Waals surface area contributed by atoms with E-state index in [1.54, 1.807) is 0 Å². The SMILES string of the molecule is CC(C)(C)CC(=O)n1sncc1=O. The monoisotopic (exact) mass is 200 g/mol. The molecule has 0 radical (unpaired) electrons. The standard InChI is InChI=1S/C8H12N2O2S/c1-8(2,3)4-6(11)10-7(12)5-9-13-10/h5H,4H2,1-3H3. The third kappa shape index (κ3) is 2.77. The summed E-state index contributed by atoms with van der Waals surface area (Å²) in [6.45, 7) is 5.87. The van der Waals surface area contributed by atoms with Gasteiger partial charge in [-0.05, 0) is 5.41 Å². The van der Waals surface area contributed by atoms with E-state index in [4.69, 9.17) is 0 Å². The molecule has 0 aliphatic heterocycles. The molecule has 0 amide bonds. The van der Waals surface area contributed by atoms with Gasteiger partial charge in [0.05, 0.1) is 11.7 Å². The van der Waals surface area contributed by atoms with Crippen LogP contribution in [-0.2, 0) is 0 Å². The summed E-state index contributed by atoms with van der Waals surface area (Å²) in [4.78, 5) is 22.5. The summed E-state index contributed by atoms with van der Waals surface area (Å²) >= 11 is 0.903. The van der Waals surface area contributed by atoms with Crippen molar-refractivity contribution in [1.29, 1.82) is 0 Å². The van der Waals surface area contributed by atoms with Crippen LogP contribution in [0.5, 0.6) is 0 Å². The molecule has 72 valence electrons. The zero-order valence-electron chi connectivity index (χ0n) is 7.90. The van der Waals surface area contributed by atoms with Crippen molar-refractivity contribution >= 4 is 17.6 Å². The van der Waals surface area contributed by atoms with Crippen molar-refractivity contribution in [3.8, 4) is 0 Å². The maximum Gasteiger partial charge on any atom is 0.287 e. The van der Waals surface area contributed by atoms with Gasteiger partial charge < -0.3 is 0 Å². The Kier molecular flexibility index (Phi) is 2.66. The molecule has 0 saturated carbocycles. The molecule has 4 nitrogen and oxygen atoms in total. The number of hydrogen-bond acceptors (Lipinski definition) is 4. The van der Waals surface area contributed by atoms with Crippen LogP contribution in [0.1, 0.15) is 32.0 Å². The highest BCUT2D eigenvalue weighted by molar-refractivity contribution is 7.01. The third-order valence-electron chi connectivity index (χ3n) is 1.40. The zero-order chi connectivity index (χ0) is 10.1. The fraction of sp³-hybridized carbons (Fsp3) is 0.625. The van der Waals surface area contributed by atoms with E-state index < -0.39 is 0 Å². The number of carbonyl (C=O) groups is 1. The van der Waals surface area contributed by atoms with Crippen molar-refractivity contribution < 1.29 is 4.79 Å². The first-order valence-corrected chi connectivity index (χ1v) is 4.70. The second-order valence-electron chi connectivity index (χ2n) is 4.08. The fourth-order valence-corrected chi connectivity index (χ4v) is 1.42. The normalized spacial score (nSPS) is 11.6. The van der Waals surface area contributed by atoms with Crippen LogP contribution in [0.15, 0.2) is 11.0 Å². The Morgan fingerprint density at radius 3 is 2.62 bits per heavy atom. The Morgan fingerprint density at radius 2 is 2.23 bits per heavy atom. The number of nitrogens with zero attached hydrogens (tertiary/aromatic N) is 2. The molecular formula is C8H12N2O2S. The Bertz CT molecular complexity index is 359. The number of hydrogen-bond donors (Lipinski definition) is 0. The van der Waals surface area contributed by atoms with Gasteiger partial charge in [-0.1, -0.05) is 20.8 Å². The molecule has 0 atom stereocenters. The van der Waals surface area contributed by atoms with Crippen molar-refractivity contribution in [1.82, 2.24) is 8.33 Å². The van der Waals surface area contributed by atoms with Crippen LogP contribution in [-0.4, -0.2) is 14.2 Å². The lowest BCUT2D eigenvalue weighted by Gasteiger charge is -2.15. The van der Waals surface area contributed by atoms with Crippen LogP contribution in [0.3, 0.4) is 0 Å². The number of carbonyl (C=O) groups excluding carboxylic acids is 1. The Hall–Kier alpha value is -0.970. The van der Waals surface area contributed by atoms with E-state index >= 15 is 0 Å². The van der Waals surface area contributed by atoms with Gasteiger partial charge in [-0.25, -0.2) is 0 Å². The zero-order valence-corrected chi connectivity index (χ0v) is 8.72. The van der Waals surface area contributed by atoms with Gasteiger partial charge in [0.2, 0.25) is 5.91 Å². The Morgan fingerprint density at radius 1 is 1.62 bits per heavy atom. The topological polar surface area (TPSA) is 52.0 Å². The van der Waals surface area contributed by atoms with Crippen LogP contribution in [0.25, 0.3) is 0 Å². The van der Waals surface area contributed by atoms with Gasteiger partial charge in [0.25, 0.3) is 5.56 Å². The molecule has 0 bridgehead atoms. The molecule has 1 aromatic heterocycles. The Labute approximate surface area is 80.5 Å². The predicted octanol–water partition coefficient (Wildman–Crippen LogP) is 1.38. The molecule has 5 heteroatoms. The van der Waals surface area contributed by atoms with Crippen molar-refractivity contribution in [2.75, 3.05) is 0 Å². The van der Waals surface area contributed by atoms with Crippen molar-refractivity contribution in [2.24, 2.45) is 5.41 Å². The van der Waals surface area contributed by atoms with E-state index in [1.807, 2.05) is 20.8 Å². The fourth-order valence-electron chi connectivity index (χ4n) is 0.902. The summed E-state index contributed by atoms with van der Waals surface area (Å²) in [6, 6.07) is 0. The molecule has 0 fully saturated rings. The minimum absolute atomic E-state index is 0.0967. The molecule has 0 aliphatic rings. The van der Waals surface area contributed by atoms with Crippen LogP contribution in [0.4, 0.5) is 0 Å². The van der Waals surface area contributed by atoms with Crippen molar-refractivity contribution in [2.45, 2.75) is 27.2 Å². The van der Waals surface area contributed by atoms with Gasteiger partial charge in [-0.3, -0.25) is 9.59 Å². The molecule has 0 aromatic carbocycles. The lowest BCUT2D eigenvalue weighted by Crippen LogP contribution is -2.24. The summed E-state index contributed by atoms with van der Waals surface area (Å²) in [6.07, 6.45) is 1.51. The second-order valence-corrected chi connectivity index (χ2v) is 4.82. The summed E-state index contributed by atoms with van der Waals surface area (Å²) in [5.74, 6) is -0.181. The second kappa shape index (κ2) is 3.41. The molecule has 1 rings (SSSR count). The van der Waals surface area contributed by atoms with Gasteiger partial charge in [0, 0.05) is 6.42 Å². The van der Waals surface area contributed by atoms with Gasteiger partial charge in [-0.15, -0.1) is 0 Å². The van der Waals surface area contributed by atoms with Crippen molar-refractivity contribution in [3.05, 3.63) is 16.6 Å². The minimum Gasteiger partial charge on any atom is -0.273 e. The van der Waals surface area contributed by atoms with Crippen LogP contribution >= 0.6 is 11.7 Å². The van der Waals surface area contributed by atoms with Crippen molar-refractivity contribution in [3.63, 3.8) is 0 Å². The maximum absolute atomic E-state index is 11.5. The summed E-state index contributed by atoms with van der Waals surface area (Å²) in [7, 11) is 0. The van der Waals surface area contributed by atoms with E-state index in [0.717, 1.165) is 21.9 Å². The first kappa shape index (κ1) is 10.1. The largest absolute Gasteiger partial charge is 0.287 e. The minimum atomic E-state index is -0.334. The Balaban J connectivity index is 2.82. The van der Waals surface area contributed by atoms with E-state index in [2.05, 4.69) is 4.37 Å². The van der Waals surface area contributed by atoms with E-state index in [9.17, 15) is 9.59 Å². The molecule has 0 spiro atoms. The van der Waals surface area contributed by atoms with Crippen LogP contribution < -0.4 is 5.56 Å². The molecule has 0 N–H and O–H groups in total. The molecule has 0 saturated heterocycles. The van der Waals surface area contributed by atoms with Gasteiger partial charge >= 0.3 is 0 Å². The first-order chi connectivity index (χ1) is 5.90. The molecule has 0 unspecified atom stereocenters. The molecule has 0 aliphatic carbocycles. The lowest BCUT2D eigenvalue weighted by molar-refractivity contribution is 0.0866. The van der Waals surface area contributed by atoms with E-state index in [-0.39, 0.29) is 16.9 Å². The average Bonchev–Trinajstić information content (AvgIpc) is 2.30. The summed E-state index contributed by atoms with van der Waals surface area (Å²) in [5, 5.41) is 0. The summed E-state index contributed by atoms with van der Waals surface area (Å²) in [5.41, 5.74) is -0.431. The van der Waals surface area contributed by atoms with Gasteiger partial charge in [0.1, 0.15) is 6.20 Å². The number of rotatable bonds is 1. The quantitative estimate of drug-likeness (QED) is 0.688. The predicted molar refractivity (Wildman–Crippen MR) is 51.1 cm³/mol.